The summed E-state index contributed by atoms with van der Waals surface area (Å²) >= 11 is 0. The van der Waals surface area contributed by atoms with Gasteiger partial charge in [0.05, 0.1) is 0 Å². The first-order chi connectivity index (χ1) is 7.90. The zero-order valence-electron chi connectivity index (χ0n) is 9.89. The van der Waals surface area contributed by atoms with E-state index in [-0.39, 0.29) is 0 Å². The van der Waals surface area contributed by atoms with Crippen LogP contribution in [0.1, 0.15) is 32.1 Å². The Labute approximate surface area is 99.4 Å². The molecule has 2 rings (SSSR count). The first-order valence-electron chi connectivity index (χ1n) is 6.14. The molecule has 1 aliphatic rings. The summed E-state index contributed by atoms with van der Waals surface area (Å²) in [6.07, 6.45) is 6.65. The maximum absolute atomic E-state index is 6.02. The van der Waals surface area contributed by atoms with E-state index in [9.17, 15) is 0 Å². The van der Waals surface area contributed by atoms with E-state index in [4.69, 9.17) is 8.85 Å². The van der Waals surface area contributed by atoms with E-state index in [0.717, 1.165) is 5.75 Å². The van der Waals surface area contributed by atoms with Gasteiger partial charge in [-0.1, -0.05) is 37.5 Å². The molecule has 1 fully saturated rings. The van der Waals surface area contributed by atoms with Crippen LogP contribution in [-0.2, 0) is 4.43 Å². The molecule has 1 saturated carbocycles. The van der Waals surface area contributed by atoms with Crippen LogP contribution in [0.2, 0.25) is 5.54 Å². The third kappa shape index (κ3) is 3.09. The Morgan fingerprint density at radius 2 is 1.75 bits per heavy atom. The molecule has 0 amide bonds. The highest BCUT2D eigenvalue weighted by molar-refractivity contribution is 6.47. The number of hydrogen-bond donors (Lipinski definition) is 0. The average Bonchev–Trinajstić information content (AvgIpc) is 2.38. The van der Waals surface area contributed by atoms with Gasteiger partial charge in [-0.2, -0.15) is 0 Å². The molecule has 0 heterocycles. The van der Waals surface area contributed by atoms with Gasteiger partial charge < -0.3 is 8.85 Å². The maximum atomic E-state index is 6.02. The van der Waals surface area contributed by atoms with Crippen molar-refractivity contribution >= 4 is 9.28 Å². The molecule has 16 heavy (non-hydrogen) atoms. The second-order valence-corrected chi connectivity index (χ2v) is 6.82. The van der Waals surface area contributed by atoms with E-state index >= 15 is 0 Å². The Kier molecular flexibility index (Phi) is 4.42. The highest BCUT2D eigenvalue weighted by atomic mass is 28.3. The molecule has 0 bridgehead atoms. The van der Waals surface area contributed by atoms with Gasteiger partial charge in [0.1, 0.15) is 5.75 Å². The molecule has 1 atom stereocenters. The van der Waals surface area contributed by atoms with Crippen LogP contribution in [0.15, 0.2) is 30.3 Å². The van der Waals surface area contributed by atoms with Gasteiger partial charge in [-0.25, -0.2) is 0 Å². The van der Waals surface area contributed by atoms with Crippen LogP contribution in [0, 0.1) is 0 Å². The molecule has 1 aromatic carbocycles. The minimum Gasteiger partial charge on any atom is -0.522 e. The lowest BCUT2D eigenvalue weighted by Crippen LogP contribution is -2.32. The Bertz CT molecular complexity index is 296. The number of rotatable bonds is 4. The summed E-state index contributed by atoms with van der Waals surface area (Å²) in [6.45, 7) is 0. The molecule has 1 aliphatic carbocycles. The highest BCUT2D eigenvalue weighted by Gasteiger charge is 2.28. The summed E-state index contributed by atoms with van der Waals surface area (Å²) in [4.78, 5) is 0. The number of para-hydroxylation sites is 1. The van der Waals surface area contributed by atoms with Crippen molar-refractivity contribution in [2.75, 3.05) is 7.11 Å². The lowest BCUT2D eigenvalue weighted by molar-refractivity contribution is 0.301. The van der Waals surface area contributed by atoms with Gasteiger partial charge in [0, 0.05) is 12.7 Å². The van der Waals surface area contributed by atoms with Gasteiger partial charge in [0.25, 0.3) is 0 Å². The van der Waals surface area contributed by atoms with Crippen LogP contribution in [0.3, 0.4) is 0 Å². The lowest BCUT2D eigenvalue weighted by Gasteiger charge is -2.27. The fraction of sp³-hybridized carbons (Fsp3) is 0.538. The van der Waals surface area contributed by atoms with Crippen LogP contribution in [-0.4, -0.2) is 16.4 Å². The molecule has 0 spiro atoms. The minimum absolute atomic E-state index is 0.693. The quantitative estimate of drug-likeness (QED) is 0.747. The van der Waals surface area contributed by atoms with Crippen molar-refractivity contribution in [2.24, 2.45) is 0 Å². The Morgan fingerprint density at radius 3 is 2.38 bits per heavy atom. The van der Waals surface area contributed by atoms with Crippen molar-refractivity contribution in [3.63, 3.8) is 0 Å². The molecule has 0 aliphatic heterocycles. The summed E-state index contributed by atoms with van der Waals surface area (Å²) in [7, 11) is 0.279. The fourth-order valence-corrected chi connectivity index (χ4v) is 4.49. The first-order valence-corrected chi connectivity index (χ1v) is 7.75. The topological polar surface area (TPSA) is 18.5 Å². The van der Waals surface area contributed by atoms with Crippen molar-refractivity contribution < 1.29 is 8.85 Å². The smallest absolute Gasteiger partial charge is 0.385 e. The molecular weight excluding hydrogens is 216 g/mol. The van der Waals surface area contributed by atoms with Crippen molar-refractivity contribution in [1.29, 1.82) is 0 Å². The Balaban J connectivity index is 1.94. The van der Waals surface area contributed by atoms with E-state index in [1.54, 1.807) is 7.11 Å². The molecule has 1 aromatic rings. The zero-order chi connectivity index (χ0) is 11.2. The first kappa shape index (κ1) is 11.7. The molecule has 0 saturated heterocycles. The van der Waals surface area contributed by atoms with Gasteiger partial charge >= 0.3 is 9.28 Å². The summed E-state index contributed by atoms with van der Waals surface area (Å²) in [5, 5.41) is 0. The van der Waals surface area contributed by atoms with Gasteiger partial charge in [-0.3, -0.25) is 0 Å². The van der Waals surface area contributed by atoms with Gasteiger partial charge in [-0.05, 0) is 25.0 Å². The minimum atomic E-state index is -1.52. The van der Waals surface area contributed by atoms with Crippen molar-refractivity contribution in [2.45, 2.75) is 37.6 Å². The predicted molar refractivity (Wildman–Crippen MR) is 68.1 cm³/mol. The van der Waals surface area contributed by atoms with Crippen LogP contribution >= 0.6 is 0 Å². The highest BCUT2D eigenvalue weighted by Crippen LogP contribution is 2.32. The monoisotopic (exact) mass is 236 g/mol. The van der Waals surface area contributed by atoms with E-state index < -0.39 is 9.28 Å². The standard InChI is InChI=1S/C13H20O2Si/c1-14-16(13-10-6-3-7-11-13)15-12-8-4-2-5-9-12/h2,4-5,8-9,13,16H,3,6-7,10-11H2,1H3. The van der Waals surface area contributed by atoms with Crippen LogP contribution in [0.25, 0.3) is 0 Å². The molecule has 2 nitrogen and oxygen atoms in total. The van der Waals surface area contributed by atoms with E-state index in [1.165, 1.54) is 32.1 Å². The molecule has 0 radical (unpaired) electrons. The van der Waals surface area contributed by atoms with Crippen LogP contribution in [0.4, 0.5) is 0 Å². The maximum Gasteiger partial charge on any atom is 0.385 e. The molecule has 0 aromatic heterocycles. The SMILES string of the molecule is CO[SiH](Oc1ccccc1)C1CCCCC1. The lowest BCUT2D eigenvalue weighted by atomic mass is 10.0. The van der Waals surface area contributed by atoms with Gasteiger partial charge in [0.15, 0.2) is 0 Å². The number of hydrogen-bond acceptors (Lipinski definition) is 2. The summed E-state index contributed by atoms with van der Waals surface area (Å²) in [5.41, 5.74) is 0.693. The van der Waals surface area contributed by atoms with Gasteiger partial charge in [0.2, 0.25) is 0 Å². The fourth-order valence-electron chi connectivity index (χ4n) is 2.38. The third-order valence-electron chi connectivity index (χ3n) is 3.26. The Hall–Kier alpha value is -0.803. The summed E-state index contributed by atoms with van der Waals surface area (Å²) in [6, 6.07) is 10.1. The molecule has 88 valence electrons. The van der Waals surface area contributed by atoms with Gasteiger partial charge in [-0.15, -0.1) is 0 Å². The second-order valence-electron chi connectivity index (χ2n) is 4.43. The normalized spacial score (nSPS) is 19.3. The van der Waals surface area contributed by atoms with E-state index in [1.807, 2.05) is 30.3 Å². The predicted octanol–water partition coefficient (Wildman–Crippen LogP) is 3.27. The molecule has 1 unspecified atom stereocenters. The second kappa shape index (κ2) is 6.06. The summed E-state index contributed by atoms with van der Waals surface area (Å²) < 4.78 is 11.6. The van der Waals surface area contributed by atoms with Crippen molar-refractivity contribution in [3.05, 3.63) is 30.3 Å². The van der Waals surface area contributed by atoms with Crippen molar-refractivity contribution in [1.82, 2.24) is 0 Å². The van der Waals surface area contributed by atoms with E-state index in [2.05, 4.69) is 0 Å². The van der Waals surface area contributed by atoms with Crippen LogP contribution < -0.4 is 4.43 Å². The summed E-state index contributed by atoms with van der Waals surface area (Å²) in [5.74, 6) is 0.964. The zero-order valence-corrected chi connectivity index (χ0v) is 11.0. The molecular formula is C13H20O2Si. The third-order valence-corrected chi connectivity index (χ3v) is 5.67. The van der Waals surface area contributed by atoms with E-state index in [0.29, 0.717) is 5.54 Å². The molecule has 3 heteroatoms. The number of benzene rings is 1. The average molecular weight is 236 g/mol. The Morgan fingerprint density at radius 1 is 1.06 bits per heavy atom. The molecule has 0 N–H and O–H groups in total. The van der Waals surface area contributed by atoms with Crippen molar-refractivity contribution in [3.8, 4) is 5.75 Å². The largest absolute Gasteiger partial charge is 0.522 e. The van der Waals surface area contributed by atoms with Crippen LogP contribution in [0.5, 0.6) is 5.75 Å².